The number of benzene rings is 9. The smallest absolute Gasteiger partial charge is 0.136 e. The Morgan fingerprint density at radius 1 is 0.258 bits per heavy atom. The molecular formula is C62H56N2O2. The van der Waals surface area contributed by atoms with Gasteiger partial charge in [0.25, 0.3) is 0 Å². The Morgan fingerprint density at radius 2 is 0.515 bits per heavy atom. The van der Waals surface area contributed by atoms with Crippen LogP contribution < -0.4 is 9.80 Å². The fourth-order valence-electron chi connectivity index (χ4n) is 9.71. The second kappa shape index (κ2) is 16.3. The second-order valence-electron chi connectivity index (χ2n) is 19.5. The molecule has 0 amide bonds. The van der Waals surface area contributed by atoms with Crippen LogP contribution in [0, 0.1) is 0 Å². The lowest BCUT2D eigenvalue weighted by atomic mass is 10.0. The van der Waals surface area contributed by atoms with Gasteiger partial charge < -0.3 is 18.6 Å². The largest absolute Gasteiger partial charge is 0.456 e. The van der Waals surface area contributed by atoms with Crippen LogP contribution in [0.5, 0.6) is 0 Å². The quantitative estimate of drug-likeness (QED) is 0.137. The third-order valence-electron chi connectivity index (χ3n) is 13.7. The maximum absolute atomic E-state index is 6.72. The molecule has 4 heteroatoms. The minimum Gasteiger partial charge on any atom is -0.456 e. The molecule has 9 aromatic carbocycles. The van der Waals surface area contributed by atoms with Gasteiger partial charge in [0.2, 0.25) is 0 Å². The Morgan fingerprint density at radius 3 is 0.803 bits per heavy atom. The predicted octanol–water partition coefficient (Wildman–Crippen LogP) is 19.2. The first-order valence-corrected chi connectivity index (χ1v) is 23.7. The number of hydrogen-bond acceptors (Lipinski definition) is 4. The number of anilines is 6. The van der Waals surface area contributed by atoms with Gasteiger partial charge in [-0.2, -0.15) is 0 Å². The van der Waals surface area contributed by atoms with Gasteiger partial charge in [-0.25, -0.2) is 0 Å². The molecule has 2 heterocycles. The topological polar surface area (TPSA) is 32.8 Å². The fourth-order valence-corrected chi connectivity index (χ4v) is 9.71. The highest BCUT2D eigenvalue weighted by atomic mass is 16.3. The van der Waals surface area contributed by atoms with E-state index in [0.29, 0.717) is 23.7 Å². The van der Waals surface area contributed by atoms with Crippen LogP contribution in [-0.4, -0.2) is 0 Å². The van der Waals surface area contributed by atoms with E-state index in [4.69, 9.17) is 8.83 Å². The average molecular weight is 861 g/mol. The van der Waals surface area contributed by atoms with Crippen molar-refractivity contribution in [1.82, 2.24) is 0 Å². The third-order valence-corrected chi connectivity index (χ3v) is 13.7. The van der Waals surface area contributed by atoms with Crippen molar-refractivity contribution in [2.45, 2.75) is 79.1 Å². The molecular weight excluding hydrogens is 805 g/mol. The van der Waals surface area contributed by atoms with Crippen LogP contribution in [0.1, 0.15) is 101 Å². The molecule has 0 unspecified atom stereocenters. The minimum atomic E-state index is 0.468. The standard InChI is InChI=1S/C62H56N2O2/c1-37(2)41-9-19-49(20-10-41)63(50-21-11-42(12-22-50)38(3)4)53-27-17-45-31-55-57-35-62-58(36-61(57)65-59(55)33-47(45)29-53)56-32-46-18-28-54(30-48(46)34-60(56)66-62)64(51-23-13-43(14-24-51)39(5)6)52-25-15-44(16-26-52)40(7)8/h9-40H,1-8H3. The summed E-state index contributed by atoms with van der Waals surface area (Å²) >= 11 is 0. The van der Waals surface area contributed by atoms with Gasteiger partial charge in [0.1, 0.15) is 22.3 Å². The molecule has 0 aliphatic carbocycles. The van der Waals surface area contributed by atoms with Crippen LogP contribution in [0.15, 0.2) is 179 Å². The Kier molecular flexibility index (Phi) is 10.2. The van der Waals surface area contributed by atoms with Crippen LogP contribution in [-0.2, 0) is 0 Å². The highest BCUT2D eigenvalue weighted by Gasteiger charge is 2.19. The van der Waals surface area contributed by atoms with E-state index < -0.39 is 0 Å². The van der Waals surface area contributed by atoms with Gasteiger partial charge in [-0.15, -0.1) is 0 Å². The Labute approximate surface area is 387 Å². The van der Waals surface area contributed by atoms with E-state index in [-0.39, 0.29) is 0 Å². The van der Waals surface area contributed by atoms with E-state index in [0.717, 1.165) is 99.5 Å². The number of nitrogens with zero attached hydrogens (tertiary/aromatic N) is 2. The SMILES string of the molecule is CC(C)c1ccc(N(c2ccc(C(C)C)cc2)c2ccc3cc4c(cc3c2)oc2cc3c(cc24)oc2cc4cc(N(c5ccc(C(C)C)cc5)c5ccc(C(C)C)cc5)ccc4cc23)cc1. The molecule has 0 aliphatic rings. The number of hydrogen-bond donors (Lipinski definition) is 0. The molecule has 0 fully saturated rings. The summed E-state index contributed by atoms with van der Waals surface area (Å²) in [6.07, 6.45) is 0. The summed E-state index contributed by atoms with van der Waals surface area (Å²) < 4.78 is 13.4. The summed E-state index contributed by atoms with van der Waals surface area (Å²) in [6, 6.07) is 62.7. The van der Waals surface area contributed by atoms with Gasteiger partial charge >= 0.3 is 0 Å². The van der Waals surface area contributed by atoms with Crippen LogP contribution in [0.25, 0.3) is 65.4 Å². The first-order chi connectivity index (χ1) is 31.9. The number of furan rings is 2. The summed E-state index contributed by atoms with van der Waals surface area (Å²) in [4.78, 5) is 4.71. The van der Waals surface area contributed by atoms with Crippen molar-refractivity contribution in [3.63, 3.8) is 0 Å². The lowest BCUT2D eigenvalue weighted by Gasteiger charge is -2.26. The Balaban J connectivity index is 0.973. The molecule has 0 saturated carbocycles. The number of fused-ring (bicyclic) bond motifs is 8. The molecule has 0 spiro atoms. The second-order valence-corrected chi connectivity index (χ2v) is 19.5. The van der Waals surface area contributed by atoms with E-state index in [1.165, 1.54) is 22.3 Å². The first kappa shape index (κ1) is 41.4. The molecule has 66 heavy (non-hydrogen) atoms. The monoisotopic (exact) mass is 860 g/mol. The van der Waals surface area contributed by atoms with E-state index in [1.807, 2.05) is 0 Å². The molecule has 0 bridgehead atoms. The zero-order valence-electron chi connectivity index (χ0n) is 39.2. The molecule has 326 valence electrons. The van der Waals surface area contributed by atoms with Crippen molar-refractivity contribution in [2.75, 3.05) is 9.80 Å². The van der Waals surface area contributed by atoms with Gasteiger partial charge in [-0.05, 0) is 177 Å². The van der Waals surface area contributed by atoms with Crippen LogP contribution in [0.4, 0.5) is 34.1 Å². The van der Waals surface area contributed by atoms with E-state index in [2.05, 4.69) is 235 Å². The summed E-state index contributed by atoms with van der Waals surface area (Å²) in [6.45, 7) is 17.9. The van der Waals surface area contributed by atoms with Gasteiger partial charge in [0.05, 0.1) is 0 Å². The summed E-state index contributed by atoms with van der Waals surface area (Å²) in [5.41, 5.74) is 15.5. The molecule has 11 aromatic rings. The highest BCUT2D eigenvalue weighted by molar-refractivity contribution is 6.18. The zero-order chi connectivity index (χ0) is 45.4. The lowest BCUT2D eigenvalue weighted by molar-refractivity contribution is 0.664. The van der Waals surface area contributed by atoms with Crippen molar-refractivity contribution < 1.29 is 8.83 Å². The first-order valence-electron chi connectivity index (χ1n) is 23.7. The maximum Gasteiger partial charge on any atom is 0.136 e. The molecule has 0 atom stereocenters. The molecule has 0 aliphatic heterocycles. The molecule has 0 radical (unpaired) electrons. The van der Waals surface area contributed by atoms with Crippen molar-refractivity contribution in [3.05, 3.63) is 192 Å². The van der Waals surface area contributed by atoms with Crippen LogP contribution >= 0.6 is 0 Å². The lowest BCUT2D eigenvalue weighted by Crippen LogP contribution is -2.10. The maximum atomic E-state index is 6.72. The minimum absolute atomic E-state index is 0.468. The summed E-state index contributed by atoms with van der Waals surface area (Å²) in [5.74, 6) is 1.87. The molecule has 2 aromatic heterocycles. The van der Waals surface area contributed by atoms with Gasteiger partial charge in [-0.1, -0.05) is 116 Å². The van der Waals surface area contributed by atoms with E-state index in [1.54, 1.807) is 0 Å². The summed E-state index contributed by atoms with van der Waals surface area (Å²) in [5, 5.41) is 8.83. The van der Waals surface area contributed by atoms with E-state index >= 15 is 0 Å². The van der Waals surface area contributed by atoms with E-state index in [9.17, 15) is 0 Å². The predicted molar refractivity (Wildman–Crippen MR) is 282 cm³/mol. The van der Waals surface area contributed by atoms with Crippen molar-refractivity contribution in [1.29, 1.82) is 0 Å². The third kappa shape index (κ3) is 7.35. The molecule has 11 rings (SSSR count). The van der Waals surface area contributed by atoms with Crippen LogP contribution in [0.2, 0.25) is 0 Å². The Hall–Kier alpha value is -7.30. The van der Waals surface area contributed by atoms with Gasteiger partial charge in [-0.3, -0.25) is 0 Å². The van der Waals surface area contributed by atoms with Crippen molar-refractivity contribution in [2.24, 2.45) is 0 Å². The number of rotatable bonds is 10. The van der Waals surface area contributed by atoms with Crippen LogP contribution in [0.3, 0.4) is 0 Å². The van der Waals surface area contributed by atoms with Gasteiger partial charge in [0.15, 0.2) is 0 Å². The molecule has 0 N–H and O–H groups in total. The molecule has 0 saturated heterocycles. The van der Waals surface area contributed by atoms with Crippen molar-refractivity contribution >= 4 is 99.5 Å². The Bertz CT molecular complexity index is 3230. The zero-order valence-corrected chi connectivity index (χ0v) is 39.2. The summed E-state index contributed by atoms with van der Waals surface area (Å²) in [7, 11) is 0. The highest BCUT2D eigenvalue weighted by Crippen LogP contribution is 2.43. The average Bonchev–Trinajstić information content (AvgIpc) is 3.85. The fraction of sp³-hybridized carbons (Fsp3) is 0.194. The van der Waals surface area contributed by atoms with Crippen molar-refractivity contribution in [3.8, 4) is 0 Å². The van der Waals surface area contributed by atoms with Gasteiger partial charge in [0, 0.05) is 55.7 Å². The molecule has 4 nitrogen and oxygen atoms in total. The normalized spacial score (nSPS) is 12.2.